The number of hydrogen-bond acceptors (Lipinski definition) is 2. The normalized spacial score (nSPS) is 11.2. The topological polar surface area (TPSA) is 36.0 Å². The van der Waals surface area contributed by atoms with Crippen molar-refractivity contribution in [1.29, 1.82) is 0 Å². The van der Waals surface area contributed by atoms with Crippen molar-refractivity contribution >= 4 is 22.2 Å². The molecule has 114 valence electrons. The highest BCUT2D eigenvalue weighted by Crippen LogP contribution is 2.41. The van der Waals surface area contributed by atoms with Crippen LogP contribution in [0.5, 0.6) is 5.75 Å². The molecule has 0 aliphatic carbocycles. The van der Waals surface area contributed by atoms with Crippen LogP contribution in [0, 0.1) is 12.7 Å². The van der Waals surface area contributed by atoms with E-state index in [2.05, 4.69) is 17.1 Å². The zero-order valence-corrected chi connectivity index (χ0v) is 13.2. The number of benzene rings is 2. The molecule has 4 heteroatoms. The van der Waals surface area contributed by atoms with Gasteiger partial charge < -0.3 is 10.1 Å². The first-order valence-electron chi connectivity index (χ1n) is 7.28. The zero-order valence-electron chi connectivity index (χ0n) is 12.4. The highest BCUT2D eigenvalue weighted by atomic mass is 32.1. The van der Waals surface area contributed by atoms with Gasteiger partial charge >= 0.3 is 0 Å². The number of phenolic OH excluding ortho intramolecular Hbond substituents is 1. The van der Waals surface area contributed by atoms with E-state index >= 15 is 0 Å². The molecule has 0 atom stereocenters. The Labute approximate surface area is 136 Å². The van der Waals surface area contributed by atoms with Gasteiger partial charge in [-0.2, -0.15) is 0 Å². The van der Waals surface area contributed by atoms with Crippen molar-refractivity contribution < 1.29 is 9.50 Å². The van der Waals surface area contributed by atoms with Crippen molar-refractivity contribution in [2.24, 2.45) is 0 Å². The fourth-order valence-electron chi connectivity index (χ4n) is 2.87. The largest absolute Gasteiger partial charge is 0.505 e. The second-order valence-electron chi connectivity index (χ2n) is 5.57. The first-order chi connectivity index (χ1) is 11.1. The number of aryl methyl sites for hydroxylation is 1. The smallest absolute Gasteiger partial charge is 0.165 e. The Morgan fingerprint density at radius 3 is 2.70 bits per heavy atom. The van der Waals surface area contributed by atoms with E-state index in [0.29, 0.717) is 0 Å². The number of thiophene rings is 1. The van der Waals surface area contributed by atoms with Crippen LogP contribution in [0.25, 0.3) is 32.6 Å². The molecule has 2 aromatic carbocycles. The van der Waals surface area contributed by atoms with Crippen LogP contribution in [-0.4, -0.2) is 10.1 Å². The first kappa shape index (κ1) is 14.0. The van der Waals surface area contributed by atoms with Crippen molar-refractivity contribution in [3.05, 3.63) is 65.3 Å². The summed E-state index contributed by atoms with van der Waals surface area (Å²) in [5.74, 6) is -0.941. The van der Waals surface area contributed by atoms with Crippen LogP contribution in [0.4, 0.5) is 4.39 Å². The molecule has 0 fully saturated rings. The van der Waals surface area contributed by atoms with Gasteiger partial charge in [-0.3, -0.25) is 0 Å². The lowest BCUT2D eigenvalue weighted by molar-refractivity contribution is 0.432. The number of nitrogens with one attached hydrogen (secondary N) is 1. The maximum atomic E-state index is 13.9. The minimum atomic E-state index is -0.610. The molecule has 0 saturated carbocycles. The van der Waals surface area contributed by atoms with Gasteiger partial charge in [0, 0.05) is 16.5 Å². The van der Waals surface area contributed by atoms with Crippen LogP contribution in [-0.2, 0) is 0 Å². The fourth-order valence-corrected chi connectivity index (χ4v) is 3.61. The van der Waals surface area contributed by atoms with E-state index in [-0.39, 0.29) is 5.75 Å². The Balaban J connectivity index is 2.07. The zero-order chi connectivity index (χ0) is 16.0. The van der Waals surface area contributed by atoms with Crippen LogP contribution < -0.4 is 0 Å². The van der Waals surface area contributed by atoms with Gasteiger partial charge in [0.25, 0.3) is 0 Å². The third-order valence-electron chi connectivity index (χ3n) is 3.96. The molecule has 4 aromatic rings. The van der Waals surface area contributed by atoms with E-state index in [1.54, 1.807) is 17.4 Å². The molecule has 2 aromatic heterocycles. The summed E-state index contributed by atoms with van der Waals surface area (Å²) in [5.41, 5.74) is 4.86. The Morgan fingerprint density at radius 2 is 1.96 bits per heavy atom. The molecule has 0 bridgehead atoms. The van der Waals surface area contributed by atoms with Crippen LogP contribution in [0.15, 0.2) is 53.9 Å². The molecule has 4 rings (SSSR count). The van der Waals surface area contributed by atoms with E-state index < -0.39 is 5.82 Å². The number of fused-ring (bicyclic) bond motifs is 1. The van der Waals surface area contributed by atoms with E-state index in [1.807, 2.05) is 30.5 Å². The Bertz CT molecular complexity index is 1000. The highest BCUT2D eigenvalue weighted by Gasteiger charge is 2.17. The van der Waals surface area contributed by atoms with Crippen molar-refractivity contribution in [2.45, 2.75) is 6.92 Å². The second-order valence-corrected chi connectivity index (χ2v) is 6.52. The number of halogens is 1. The van der Waals surface area contributed by atoms with Crippen LogP contribution in [0.3, 0.4) is 0 Å². The lowest BCUT2D eigenvalue weighted by Gasteiger charge is -2.05. The summed E-state index contributed by atoms with van der Waals surface area (Å²) in [6.07, 6.45) is 0. The van der Waals surface area contributed by atoms with Gasteiger partial charge in [0.15, 0.2) is 11.6 Å². The molecule has 0 unspecified atom stereocenters. The average molecular weight is 323 g/mol. The molecule has 0 radical (unpaired) electrons. The standard InChI is InChI=1S/C19H14FNOS/c1-11-4-6-15-13(9-11)18(12-5-7-16(22)14(20)10-12)19(21-15)17-3-2-8-23-17/h2-10,21-22H,1H3. The van der Waals surface area contributed by atoms with E-state index in [4.69, 9.17) is 0 Å². The van der Waals surface area contributed by atoms with Crippen molar-refractivity contribution in [3.63, 3.8) is 0 Å². The maximum absolute atomic E-state index is 13.9. The second kappa shape index (κ2) is 5.25. The van der Waals surface area contributed by atoms with Crippen molar-refractivity contribution in [1.82, 2.24) is 4.98 Å². The van der Waals surface area contributed by atoms with Gasteiger partial charge in [0.2, 0.25) is 0 Å². The lowest BCUT2D eigenvalue weighted by Crippen LogP contribution is -1.83. The molecule has 0 amide bonds. The third kappa shape index (κ3) is 2.32. The van der Waals surface area contributed by atoms with Gasteiger partial charge in [-0.1, -0.05) is 23.8 Å². The molecule has 0 aliphatic heterocycles. The monoisotopic (exact) mass is 323 g/mol. The number of hydrogen-bond donors (Lipinski definition) is 2. The summed E-state index contributed by atoms with van der Waals surface area (Å²) < 4.78 is 13.9. The molecule has 2 N–H and O–H groups in total. The first-order valence-corrected chi connectivity index (χ1v) is 8.16. The van der Waals surface area contributed by atoms with Gasteiger partial charge in [-0.25, -0.2) is 4.39 Å². The van der Waals surface area contributed by atoms with Gasteiger partial charge in [0.1, 0.15) is 0 Å². The lowest BCUT2D eigenvalue weighted by atomic mass is 10.00. The predicted molar refractivity (Wildman–Crippen MR) is 93.4 cm³/mol. The summed E-state index contributed by atoms with van der Waals surface area (Å²) >= 11 is 1.64. The number of aromatic amines is 1. The number of aromatic hydroxyl groups is 1. The molecule has 23 heavy (non-hydrogen) atoms. The predicted octanol–water partition coefficient (Wildman–Crippen LogP) is 5.72. The SMILES string of the molecule is Cc1ccc2[nH]c(-c3cccs3)c(-c3ccc(O)c(F)c3)c2c1. The number of phenols is 1. The van der Waals surface area contributed by atoms with Crippen LogP contribution >= 0.6 is 11.3 Å². The van der Waals surface area contributed by atoms with E-state index in [9.17, 15) is 9.50 Å². The molecule has 0 aliphatic rings. The molecular formula is C19H14FNOS. The van der Waals surface area contributed by atoms with E-state index in [0.717, 1.165) is 38.2 Å². The molecule has 0 spiro atoms. The summed E-state index contributed by atoms with van der Waals surface area (Å²) in [5, 5.41) is 12.5. The number of rotatable bonds is 2. The maximum Gasteiger partial charge on any atom is 0.165 e. The Kier molecular flexibility index (Phi) is 3.20. The minimum absolute atomic E-state index is 0.331. The van der Waals surface area contributed by atoms with Gasteiger partial charge in [-0.05, 0) is 48.2 Å². The molecule has 0 saturated heterocycles. The quantitative estimate of drug-likeness (QED) is 0.486. The third-order valence-corrected chi connectivity index (χ3v) is 4.85. The summed E-state index contributed by atoms with van der Waals surface area (Å²) in [6, 6.07) is 14.8. The van der Waals surface area contributed by atoms with Gasteiger partial charge in [0.05, 0.1) is 10.6 Å². The minimum Gasteiger partial charge on any atom is -0.505 e. The summed E-state index contributed by atoms with van der Waals surface area (Å²) in [6.45, 7) is 2.04. The molecule has 2 heterocycles. The van der Waals surface area contributed by atoms with Crippen molar-refractivity contribution in [2.75, 3.05) is 0 Å². The molecule has 2 nitrogen and oxygen atoms in total. The van der Waals surface area contributed by atoms with E-state index in [1.165, 1.54) is 12.1 Å². The summed E-state index contributed by atoms with van der Waals surface area (Å²) in [4.78, 5) is 4.55. The average Bonchev–Trinajstić information content (AvgIpc) is 3.16. The highest BCUT2D eigenvalue weighted by molar-refractivity contribution is 7.13. The number of H-pyrrole nitrogens is 1. The van der Waals surface area contributed by atoms with Crippen LogP contribution in [0.1, 0.15) is 5.56 Å². The van der Waals surface area contributed by atoms with Gasteiger partial charge in [-0.15, -0.1) is 11.3 Å². The van der Waals surface area contributed by atoms with Crippen LogP contribution in [0.2, 0.25) is 0 Å². The molecular weight excluding hydrogens is 309 g/mol. The summed E-state index contributed by atoms with van der Waals surface area (Å²) in [7, 11) is 0. The Morgan fingerprint density at radius 1 is 1.09 bits per heavy atom. The number of aromatic nitrogens is 1. The van der Waals surface area contributed by atoms with Crippen molar-refractivity contribution in [3.8, 4) is 27.4 Å². The Hall–Kier alpha value is -2.59. The fraction of sp³-hybridized carbons (Fsp3) is 0.0526.